The molecule has 0 saturated heterocycles. The van der Waals surface area contributed by atoms with Crippen LogP contribution in [0.4, 0.5) is 0 Å². The summed E-state index contributed by atoms with van der Waals surface area (Å²) in [4.78, 5) is 28.9. The Morgan fingerprint density at radius 1 is 1.12 bits per heavy atom. The van der Waals surface area contributed by atoms with Gasteiger partial charge in [0.05, 0.1) is 23.8 Å². The van der Waals surface area contributed by atoms with E-state index in [9.17, 15) is 14.7 Å². The molecule has 0 aliphatic carbocycles. The summed E-state index contributed by atoms with van der Waals surface area (Å²) in [5.41, 5.74) is 10.2. The number of aliphatic hydroxyl groups is 1. The number of nitrogens with one attached hydrogen (secondary N) is 2. The quantitative estimate of drug-likeness (QED) is 0.273. The summed E-state index contributed by atoms with van der Waals surface area (Å²) in [5.74, 6) is 5.67. The van der Waals surface area contributed by atoms with Crippen molar-refractivity contribution in [1.82, 2.24) is 10.3 Å². The molecule has 40 heavy (non-hydrogen) atoms. The molecule has 1 aliphatic rings. The van der Waals surface area contributed by atoms with Gasteiger partial charge in [-0.3, -0.25) is 9.59 Å². The second kappa shape index (κ2) is 10.8. The second-order valence-corrected chi connectivity index (χ2v) is 10.5. The highest BCUT2D eigenvalue weighted by Crippen LogP contribution is 2.35. The van der Waals surface area contributed by atoms with E-state index in [0.29, 0.717) is 40.0 Å². The maximum absolute atomic E-state index is 13.7. The van der Waals surface area contributed by atoms with Crippen LogP contribution >= 0.6 is 0 Å². The van der Waals surface area contributed by atoms with Crippen molar-refractivity contribution in [2.45, 2.75) is 38.8 Å². The van der Waals surface area contributed by atoms with Crippen LogP contribution in [-0.4, -0.2) is 40.2 Å². The molecule has 0 unspecified atom stereocenters. The molecule has 1 aromatic heterocycles. The number of aryl methyl sites for hydroxylation is 1. The molecule has 3 aromatic carbocycles. The molecule has 2 amide bonds. The third kappa shape index (κ3) is 5.49. The van der Waals surface area contributed by atoms with Crippen molar-refractivity contribution in [3.63, 3.8) is 0 Å². The molecule has 0 spiro atoms. The van der Waals surface area contributed by atoms with Gasteiger partial charge in [-0.05, 0) is 68.7 Å². The zero-order valence-electron chi connectivity index (χ0n) is 22.7. The molecule has 0 radical (unpaired) electrons. The number of nitrogens with two attached hydrogens (primary N) is 1. The highest BCUT2D eigenvalue weighted by atomic mass is 16.5. The number of aromatic amines is 1. The first-order valence-corrected chi connectivity index (χ1v) is 13.1. The van der Waals surface area contributed by atoms with Crippen LogP contribution in [0.2, 0.25) is 0 Å². The standard InChI is InChI=1S/C33H31N3O4/c1-20-7-6-8-22(29(20)31(34)38)12-11-21-15-23-13-14-33(2,3)40-30(23)27(16-21)32(39)36-25(19-37)17-24-18-35-28-10-5-4-9-26(24)28/h4-10,13-16,18,25,35,37H,17,19H2,1-3H3,(H2,34,38)(H,36,39)/t25-/m1/s1. The zero-order valence-corrected chi connectivity index (χ0v) is 22.7. The van der Waals surface area contributed by atoms with E-state index in [0.717, 1.165) is 22.0 Å². The third-order valence-corrected chi connectivity index (χ3v) is 6.95. The van der Waals surface area contributed by atoms with Crippen LogP contribution in [0.3, 0.4) is 0 Å². The summed E-state index contributed by atoms with van der Waals surface area (Å²) >= 11 is 0. The lowest BCUT2D eigenvalue weighted by Gasteiger charge is -2.29. The summed E-state index contributed by atoms with van der Waals surface area (Å²) < 4.78 is 6.21. The number of amides is 2. The number of primary amides is 1. The minimum Gasteiger partial charge on any atom is -0.482 e. The number of aromatic nitrogens is 1. The molecule has 5 N–H and O–H groups in total. The lowest BCUT2D eigenvalue weighted by Crippen LogP contribution is -2.40. The minimum absolute atomic E-state index is 0.234. The first kappa shape index (κ1) is 26.8. The molecule has 0 bridgehead atoms. The molecule has 7 nitrogen and oxygen atoms in total. The van der Waals surface area contributed by atoms with Crippen LogP contribution in [0, 0.1) is 18.8 Å². The Morgan fingerprint density at radius 2 is 1.93 bits per heavy atom. The van der Waals surface area contributed by atoms with Crippen molar-refractivity contribution in [1.29, 1.82) is 0 Å². The zero-order chi connectivity index (χ0) is 28.4. The first-order valence-electron chi connectivity index (χ1n) is 13.1. The van der Waals surface area contributed by atoms with Gasteiger partial charge >= 0.3 is 0 Å². The van der Waals surface area contributed by atoms with Gasteiger partial charge in [-0.2, -0.15) is 0 Å². The highest BCUT2D eigenvalue weighted by molar-refractivity contribution is 5.99. The normalized spacial score (nSPS) is 14.0. The predicted octanol–water partition coefficient (Wildman–Crippen LogP) is 4.49. The van der Waals surface area contributed by atoms with Crippen LogP contribution in [0.25, 0.3) is 17.0 Å². The van der Waals surface area contributed by atoms with Gasteiger partial charge < -0.3 is 25.9 Å². The van der Waals surface area contributed by atoms with Crippen LogP contribution in [0.5, 0.6) is 5.75 Å². The summed E-state index contributed by atoms with van der Waals surface area (Å²) in [7, 11) is 0. The number of aliphatic hydroxyl groups excluding tert-OH is 1. The molecule has 2 heterocycles. The van der Waals surface area contributed by atoms with Crippen molar-refractivity contribution in [2.75, 3.05) is 6.61 Å². The van der Waals surface area contributed by atoms with Crippen LogP contribution in [-0.2, 0) is 6.42 Å². The SMILES string of the molecule is Cc1cccc(C#Cc2cc3c(c(C(=O)N[C@@H](CO)Cc4c[nH]c5ccccc45)c2)OC(C)(C)C=C3)c1C(N)=O. The molecular formula is C33H31N3O4. The summed E-state index contributed by atoms with van der Waals surface area (Å²) in [6.07, 6.45) is 6.19. The molecular weight excluding hydrogens is 502 g/mol. The number of benzene rings is 3. The van der Waals surface area contributed by atoms with Crippen molar-refractivity contribution in [3.05, 3.63) is 106 Å². The van der Waals surface area contributed by atoms with Gasteiger partial charge in [0.25, 0.3) is 5.91 Å². The Balaban J connectivity index is 1.49. The van der Waals surface area contributed by atoms with Crippen LogP contribution in [0.15, 0.2) is 66.9 Å². The largest absolute Gasteiger partial charge is 0.482 e. The predicted molar refractivity (Wildman–Crippen MR) is 156 cm³/mol. The second-order valence-electron chi connectivity index (χ2n) is 10.5. The van der Waals surface area contributed by atoms with E-state index in [1.165, 1.54) is 0 Å². The number of H-pyrrole nitrogens is 1. The average Bonchev–Trinajstić information content (AvgIpc) is 3.33. The molecule has 1 aliphatic heterocycles. The summed E-state index contributed by atoms with van der Waals surface area (Å²) in [6.45, 7) is 5.41. The Kier molecular flexibility index (Phi) is 7.20. The molecule has 202 valence electrons. The van der Waals surface area contributed by atoms with Gasteiger partial charge in [0, 0.05) is 33.8 Å². The monoisotopic (exact) mass is 533 g/mol. The Hall–Kier alpha value is -4.80. The van der Waals surface area contributed by atoms with Crippen LogP contribution < -0.4 is 15.8 Å². The highest BCUT2D eigenvalue weighted by Gasteiger charge is 2.28. The van der Waals surface area contributed by atoms with Gasteiger partial charge in [-0.25, -0.2) is 0 Å². The van der Waals surface area contributed by atoms with E-state index in [2.05, 4.69) is 22.1 Å². The van der Waals surface area contributed by atoms with E-state index in [1.54, 1.807) is 12.1 Å². The number of rotatable bonds is 6. The number of para-hydroxylation sites is 1. The molecule has 4 aromatic rings. The fourth-order valence-corrected chi connectivity index (χ4v) is 4.95. The van der Waals surface area contributed by atoms with Crippen molar-refractivity contribution in [3.8, 4) is 17.6 Å². The fourth-order valence-electron chi connectivity index (χ4n) is 4.95. The molecule has 0 saturated carbocycles. The Morgan fingerprint density at radius 3 is 2.70 bits per heavy atom. The number of fused-ring (bicyclic) bond motifs is 2. The van der Waals surface area contributed by atoms with E-state index in [1.807, 2.05) is 81.6 Å². The van der Waals surface area contributed by atoms with E-state index >= 15 is 0 Å². The van der Waals surface area contributed by atoms with Crippen molar-refractivity contribution >= 4 is 28.8 Å². The lowest BCUT2D eigenvalue weighted by molar-refractivity contribution is 0.0903. The topological polar surface area (TPSA) is 117 Å². The van der Waals surface area contributed by atoms with Crippen molar-refractivity contribution < 1.29 is 19.4 Å². The average molecular weight is 534 g/mol. The fraction of sp³-hybridized carbons (Fsp3) is 0.212. The molecule has 7 heteroatoms. The molecule has 0 fully saturated rings. The maximum atomic E-state index is 13.7. The van der Waals surface area contributed by atoms with E-state index in [-0.39, 0.29) is 12.5 Å². The smallest absolute Gasteiger partial charge is 0.255 e. The Labute approximate surface area is 233 Å². The van der Waals surface area contributed by atoms with Gasteiger partial charge in [-0.1, -0.05) is 48.2 Å². The third-order valence-electron chi connectivity index (χ3n) is 6.95. The van der Waals surface area contributed by atoms with Gasteiger partial charge in [0.1, 0.15) is 11.4 Å². The minimum atomic E-state index is -0.604. The number of hydrogen-bond donors (Lipinski definition) is 4. The summed E-state index contributed by atoms with van der Waals surface area (Å²) in [5, 5.41) is 14.2. The van der Waals surface area contributed by atoms with Gasteiger partial charge in [-0.15, -0.1) is 0 Å². The van der Waals surface area contributed by atoms with E-state index < -0.39 is 17.6 Å². The maximum Gasteiger partial charge on any atom is 0.255 e. The van der Waals surface area contributed by atoms with Crippen LogP contribution in [0.1, 0.15) is 62.4 Å². The number of hydrogen-bond acceptors (Lipinski definition) is 4. The Bertz CT molecular complexity index is 1720. The lowest BCUT2D eigenvalue weighted by atomic mass is 9.96. The molecule has 1 atom stereocenters. The molecule has 5 rings (SSSR count). The van der Waals surface area contributed by atoms with Gasteiger partial charge in [0.2, 0.25) is 5.91 Å². The first-order chi connectivity index (χ1) is 19.1. The number of carbonyl (C=O) groups excluding carboxylic acids is 2. The van der Waals surface area contributed by atoms with E-state index in [4.69, 9.17) is 10.5 Å². The van der Waals surface area contributed by atoms with Crippen molar-refractivity contribution in [2.24, 2.45) is 5.73 Å². The van der Waals surface area contributed by atoms with Gasteiger partial charge in [0.15, 0.2) is 0 Å². The number of ether oxygens (including phenoxy) is 1. The number of carbonyl (C=O) groups is 2. The summed E-state index contributed by atoms with van der Waals surface area (Å²) in [6, 6.07) is 16.3.